The van der Waals surface area contributed by atoms with E-state index in [2.05, 4.69) is 37.3 Å². The lowest BCUT2D eigenvalue weighted by molar-refractivity contribution is 0.196. The second-order valence-electron chi connectivity index (χ2n) is 7.38. The monoisotopic (exact) mass is 331 g/mol. The number of aliphatic hydroxyl groups is 1. The topological polar surface area (TPSA) is 55.5 Å². The summed E-state index contributed by atoms with van der Waals surface area (Å²) in [5.41, 5.74) is 8.23. The van der Waals surface area contributed by atoms with Crippen molar-refractivity contribution in [1.29, 1.82) is 0 Å². The molecule has 1 aromatic carbocycles. The van der Waals surface area contributed by atoms with E-state index in [1.807, 2.05) is 6.92 Å². The third-order valence-corrected chi connectivity index (χ3v) is 4.78. The molecule has 0 radical (unpaired) electrons. The molecule has 3 heteroatoms. The van der Waals surface area contributed by atoms with Gasteiger partial charge in [0, 0.05) is 11.5 Å². The van der Waals surface area contributed by atoms with Crippen molar-refractivity contribution >= 4 is 0 Å². The van der Waals surface area contributed by atoms with Crippen molar-refractivity contribution < 1.29 is 9.84 Å². The van der Waals surface area contributed by atoms with E-state index in [0.29, 0.717) is 0 Å². The van der Waals surface area contributed by atoms with E-state index in [4.69, 9.17) is 10.5 Å². The number of fused-ring (bicyclic) bond motifs is 1. The molecule has 0 aliphatic heterocycles. The van der Waals surface area contributed by atoms with Gasteiger partial charge in [0.1, 0.15) is 5.75 Å². The molecule has 0 spiro atoms. The maximum atomic E-state index is 9.42. The molecule has 1 unspecified atom stereocenters. The molecule has 2 rings (SSSR count). The van der Waals surface area contributed by atoms with E-state index in [-0.39, 0.29) is 12.5 Å². The zero-order chi connectivity index (χ0) is 17.4. The Balaban J connectivity index is 1.91. The first-order valence-electron chi connectivity index (χ1n) is 9.38. The highest BCUT2D eigenvalue weighted by Crippen LogP contribution is 2.34. The van der Waals surface area contributed by atoms with Crippen molar-refractivity contribution in [3.8, 4) is 5.75 Å². The van der Waals surface area contributed by atoms with Gasteiger partial charge in [0.2, 0.25) is 0 Å². The van der Waals surface area contributed by atoms with Crippen LogP contribution in [0.1, 0.15) is 69.4 Å². The molecule has 2 atom stereocenters. The lowest BCUT2D eigenvalue weighted by atomic mass is 9.80. The minimum atomic E-state index is -0.544. The van der Waals surface area contributed by atoms with Gasteiger partial charge < -0.3 is 15.6 Å². The van der Waals surface area contributed by atoms with E-state index in [9.17, 15) is 5.11 Å². The molecule has 0 bridgehead atoms. The molecule has 1 aromatic rings. The molecule has 0 saturated heterocycles. The molecule has 134 valence electrons. The van der Waals surface area contributed by atoms with Crippen LogP contribution in [-0.4, -0.2) is 23.9 Å². The molecule has 0 amide bonds. The third kappa shape index (κ3) is 5.64. The number of nitrogens with two attached hydrogens (primary N) is 1. The second kappa shape index (κ2) is 9.24. The Morgan fingerprint density at radius 1 is 1.25 bits per heavy atom. The number of unbranched alkanes of at least 4 members (excludes halogenated alkanes) is 4. The average Bonchev–Trinajstić information content (AvgIpc) is 2.58. The molecule has 0 heterocycles. The van der Waals surface area contributed by atoms with E-state index in [1.54, 1.807) is 0 Å². The molecule has 1 aliphatic rings. The van der Waals surface area contributed by atoms with Gasteiger partial charge in [0.05, 0.1) is 13.2 Å². The first kappa shape index (κ1) is 19.0. The summed E-state index contributed by atoms with van der Waals surface area (Å²) in [5.74, 6) is 1.25. The van der Waals surface area contributed by atoms with Gasteiger partial charge >= 0.3 is 0 Å². The zero-order valence-electron chi connectivity index (χ0n) is 15.3. The normalized spacial score (nSPS) is 18.9. The van der Waals surface area contributed by atoms with Gasteiger partial charge in [0.15, 0.2) is 0 Å². The van der Waals surface area contributed by atoms with Crippen molar-refractivity contribution in [2.75, 3.05) is 13.2 Å². The molecule has 0 aromatic heterocycles. The van der Waals surface area contributed by atoms with Crippen LogP contribution in [-0.2, 0) is 6.42 Å². The maximum Gasteiger partial charge on any atom is 0.119 e. The van der Waals surface area contributed by atoms with Gasteiger partial charge in [-0.15, -0.1) is 0 Å². The number of ether oxygens (including phenoxy) is 1. The summed E-state index contributed by atoms with van der Waals surface area (Å²) in [6, 6.07) is 6.41. The summed E-state index contributed by atoms with van der Waals surface area (Å²) in [5, 5.41) is 9.42. The van der Waals surface area contributed by atoms with Crippen LogP contribution in [0.4, 0.5) is 0 Å². The number of benzene rings is 1. The quantitative estimate of drug-likeness (QED) is 0.495. The average molecular weight is 332 g/mol. The third-order valence-electron chi connectivity index (χ3n) is 4.78. The van der Waals surface area contributed by atoms with E-state index in [0.717, 1.165) is 31.6 Å². The molecule has 3 N–H and O–H groups in total. The molecule has 0 fully saturated rings. The first-order valence-corrected chi connectivity index (χ1v) is 9.38. The van der Waals surface area contributed by atoms with Gasteiger partial charge in [-0.3, -0.25) is 0 Å². The Kier molecular flexibility index (Phi) is 7.32. The standard InChI is InChI=1S/C21H33NO2/c1-3-4-5-6-7-13-24-19-11-12-20-17(14-19)9-8-10-18(20)15-21(2,22)16-23/h8,10-12,14,18,23H,3-7,9,13,15-16,22H2,1-2H3/t18-,21?/m1/s1. The van der Waals surface area contributed by atoms with Gasteiger partial charge in [-0.2, -0.15) is 0 Å². The van der Waals surface area contributed by atoms with Gasteiger partial charge in [0.25, 0.3) is 0 Å². The van der Waals surface area contributed by atoms with Crippen LogP contribution >= 0.6 is 0 Å². The van der Waals surface area contributed by atoms with Crippen LogP contribution in [0.3, 0.4) is 0 Å². The van der Waals surface area contributed by atoms with Crippen molar-refractivity contribution in [2.45, 2.75) is 70.3 Å². The highest BCUT2D eigenvalue weighted by molar-refractivity contribution is 5.43. The van der Waals surface area contributed by atoms with E-state index in [1.165, 1.54) is 36.8 Å². The highest BCUT2D eigenvalue weighted by Gasteiger charge is 2.25. The minimum Gasteiger partial charge on any atom is -0.494 e. The Labute approximate surface area is 146 Å². The second-order valence-corrected chi connectivity index (χ2v) is 7.38. The van der Waals surface area contributed by atoms with Crippen molar-refractivity contribution in [3.63, 3.8) is 0 Å². The molecular formula is C21H33NO2. The fourth-order valence-corrected chi connectivity index (χ4v) is 3.31. The summed E-state index contributed by atoms with van der Waals surface area (Å²) >= 11 is 0. The summed E-state index contributed by atoms with van der Waals surface area (Å²) in [4.78, 5) is 0. The molecule has 1 aliphatic carbocycles. The number of hydrogen-bond acceptors (Lipinski definition) is 3. The predicted octanol–water partition coefficient (Wildman–Crippen LogP) is 4.33. The van der Waals surface area contributed by atoms with Crippen molar-refractivity contribution in [2.24, 2.45) is 5.73 Å². The van der Waals surface area contributed by atoms with Crippen LogP contribution in [0, 0.1) is 0 Å². The predicted molar refractivity (Wildman–Crippen MR) is 101 cm³/mol. The van der Waals surface area contributed by atoms with Crippen molar-refractivity contribution in [3.05, 3.63) is 41.5 Å². The fourth-order valence-electron chi connectivity index (χ4n) is 3.31. The SMILES string of the molecule is CCCCCCCOc1ccc2c(c1)CC=C[C@@H]2CC(C)(N)CO. The Bertz CT molecular complexity index is 537. The summed E-state index contributed by atoms with van der Waals surface area (Å²) in [7, 11) is 0. The Morgan fingerprint density at radius 2 is 2.04 bits per heavy atom. The zero-order valence-corrected chi connectivity index (χ0v) is 15.3. The smallest absolute Gasteiger partial charge is 0.119 e. The summed E-state index contributed by atoms with van der Waals surface area (Å²) in [6.45, 7) is 4.95. The lowest BCUT2D eigenvalue weighted by Gasteiger charge is -2.29. The van der Waals surface area contributed by atoms with Crippen LogP contribution in [0.15, 0.2) is 30.4 Å². The van der Waals surface area contributed by atoms with Crippen LogP contribution in [0.5, 0.6) is 5.75 Å². The summed E-state index contributed by atoms with van der Waals surface area (Å²) in [6.07, 6.45) is 12.4. The Hall–Kier alpha value is -1.32. The van der Waals surface area contributed by atoms with E-state index >= 15 is 0 Å². The van der Waals surface area contributed by atoms with Gasteiger partial charge in [-0.25, -0.2) is 0 Å². The minimum absolute atomic E-state index is 0.00585. The van der Waals surface area contributed by atoms with Crippen molar-refractivity contribution in [1.82, 2.24) is 0 Å². The first-order chi connectivity index (χ1) is 11.6. The lowest BCUT2D eigenvalue weighted by Crippen LogP contribution is -2.41. The number of aliphatic hydroxyl groups excluding tert-OH is 1. The summed E-state index contributed by atoms with van der Waals surface area (Å²) < 4.78 is 5.92. The fraction of sp³-hybridized carbons (Fsp3) is 0.619. The maximum absolute atomic E-state index is 9.42. The molecular weight excluding hydrogens is 298 g/mol. The molecule has 3 nitrogen and oxygen atoms in total. The Morgan fingerprint density at radius 3 is 2.79 bits per heavy atom. The molecule has 0 saturated carbocycles. The van der Waals surface area contributed by atoms with E-state index < -0.39 is 5.54 Å². The number of allylic oxidation sites excluding steroid dienone is 2. The van der Waals surface area contributed by atoms with Crippen LogP contribution in [0.2, 0.25) is 0 Å². The number of rotatable bonds is 10. The number of hydrogen-bond donors (Lipinski definition) is 2. The largest absolute Gasteiger partial charge is 0.494 e. The van der Waals surface area contributed by atoms with Gasteiger partial charge in [-0.05, 0) is 49.4 Å². The highest BCUT2D eigenvalue weighted by atomic mass is 16.5. The van der Waals surface area contributed by atoms with Crippen LogP contribution in [0.25, 0.3) is 0 Å². The van der Waals surface area contributed by atoms with Gasteiger partial charge in [-0.1, -0.05) is 50.8 Å². The molecule has 24 heavy (non-hydrogen) atoms. The van der Waals surface area contributed by atoms with Crippen LogP contribution < -0.4 is 10.5 Å².